The minimum Gasteiger partial charge on any atom is -0.381 e. The Kier molecular flexibility index (Phi) is 4.75. The fourth-order valence-corrected chi connectivity index (χ4v) is 5.24. The minimum absolute atomic E-state index is 0.0150. The predicted octanol–water partition coefficient (Wildman–Crippen LogP) is 3.18. The van der Waals surface area contributed by atoms with Crippen LogP contribution in [0.4, 0.5) is 0 Å². The molecule has 1 amide bonds. The maximum absolute atomic E-state index is 13.6. The lowest BCUT2D eigenvalue weighted by atomic mass is 9.65. The third-order valence-corrected chi connectivity index (χ3v) is 7.10. The molecule has 2 fully saturated rings. The summed E-state index contributed by atoms with van der Waals surface area (Å²) in [6.07, 6.45) is 7.92. The number of nitrogens with two attached hydrogens (primary N) is 1. The van der Waals surface area contributed by atoms with Crippen LogP contribution in [-0.4, -0.2) is 44.1 Å². The molecule has 0 radical (unpaired) electrons. The molecule has 3 aliphatic rings. The maximum atomic E-state index is 13.6. The van der Waals surface area contributed by atoms with Gasteiger partial charge in [-0.3, -0.25) is 14.7 Å². The number of amides is 1. The average molecular weight is 370 g/mol. The second-order valence-electron chi connectivity index (χ2n) is 8.62. The van der Waals surface area contributed by atoms with Crippen LogP contribution in [0, 0.1) is 5.41 Å². The zero-order valence-electron chi connectivity index (χ0n) is 16.7. The van der Waals surface area contributed by atoms with Gasteiger partial charge in [-0.25, -0.2) is 0 Å². The minimum atomic E-state index is -0.130. The number of hydrogen-bond donors (Lipinski definition) is 1. The first-order valence-electron chi connectivity index (χ1n) is 10.1. The van der Waals surface area contributed by atoms with Gasteiger partial charge in [-0.15, -0.1) is 0 Å². The van der Waals surface area contributed by atoms with Gasteiger partial charge in [0.2, 0.25) is 5.91 Å². The lowest BCUT2D eigenvalue weighted by Gasteiger charge is -2.41. The van der Waals surface area contributed by atoms with Crippen LogP contribution < -0.4 is 5.73 Å². The van der Waals surface area contributed by atoms with E-state index >= 15 is 0 Å². The summed E-state index contributed by atoms with van der Waals surface area (Å²) >= 11 is 0. The topological polar surface area (TPSA) is 67.9 Å². The van der Waals surface area contributed by atoms with E-state index in [1.54, 1.807) is 26.1 Å². The summed E-state index contributed by atoms with van der Waals surface area (Å²) in [7, 11) is 5.18. The maximum Gasteiger partial charge on any atom is 0.237 e. The molecule has 146 valence electrons. The van der Waals surface area contributed by atoms with E-state index in [1.807, 2.05) is 0 Å². The number of carbonyl (C=O) groups is 1. The van der Waals surface area contributed by atoms with E-state index < -0.39 is 0 Å². The smallest absolute Gasteiger partial charge is 0.237 e. The van der Waals surface area contributed by atoms with Crippen molar-refractivity contribution in [3.05, 3.63) is 34.9 Å². The highest BCUT2D eigenvalue weighted by atomic mass is 16.5. The summed E-state index contributed by atoms with van der Waals surface area (Å²) < 4.78 is 5.59. The van der Waals surface area contributed by atoms with Gasteiger partial charge in [-0.05, 0) is 73.0 Å². The third-order valence-electron chi connectivity index (χ3n) is 7.10. The van der Waals surface area contributed by atoms with Crippen LogP contribution >= 0.6 is 0 Å². The molecule has 4 rings (SSSR count). The monoisotopic (exact) mass is 369 g/mol. The first-order chi connectivity index (χ1) is 13.0. The Morgan fingerprint density at radius 1 is 1.26 bits per heavy atom. The molecule has 27 heavy (non-hydrogen) atoms. The fraction of sp³-hybridized carbons (Fsp3) is 0.636. The van der Waals surface area contributed by atoms with Crippen molar-refractivity contribution in [1.82, 2.24) is 4.90 Å². The number of ether oxygens (including phenoxy) is 1. The quantitative estimate of drug-likeness (QED) is 0.657. The largest absolute Gasteiger partial charge is 0.381 e. The summed E-state index contributed by atoms with van der Waals surface area (Å²) in [6.45, 7) is 0. The fourth-order valence-electron chi connectivity index (χ4n) is 5.24. The van der Waals surface area contributed by atoms with Gasteiger partial charge in [-0.1, -0.05) is 18.2 Å². The summed E-state index contributed by atoms with van der Waals surface area (Å²) in [6, 6.07) is 6.88. The van der Waals surface area contributed by atoms with Crippen molar-refractivity contribution < 1.29 is 9.53 Å². The molecule has 0 aromatic heterocycles. The van der Waals surface area contributed by atoms with E-state index in [0.717, 1.165) is 32.1 Å². The van der Waals surface area contributed by atoms with E-state index in [4.69, 9.17) is 10.5 Å². The number of carbonyl (C=O) groups excluding carboxylic acids is 1. The second-order valence-corrected chi connectivity index (χ2v) is 8.62. The van der Waals surface area contributed by atoms with Crippen LogP contribution in [0.1, 0.15) is 67.1 Å². The Hall–Kier alpha value is -1.88. The number of nitrogens with zero attached hydrogens (tertiary/aromatic N) is 2. The summed E-state index contributed by atoms with van der Waals surface area (Å²) in [4.78, 5) is 19.1. The van der Waals surface area contributed by atoms with Gasteiger partial charge in [0.15, 0.2) is 5.96 Å². The number of fused-ring (bicyclic) bond motifs is 1. The van der Waals surface area contributed by atoms with Crippen LogP contribution in [0.15, 0.2) is 23.2 Å². The Morgan fingerprint density at radius 2 is 1.96 bits per heavy atom. The predicted molar refractivity (Wildman–Crippen MR) is 107 cm³/mol. The summed E-state index contributed by atoms with van der Waals surface area (Å²) in [5.74, 6) is 0.925. The SMILES string of the molecule is CN=C(N)N(C)C(=O)[C@@H]1c2cc(C3CC3)ccc2CC12CCC(OC)CC2. The lowest BCUT2D eigenvalue weighted by Crippen LogP contribution is -2.46. The molecular formula is C22H31N3O2. The number of methoxy groups -OCH3 is 1. The molecule has 1 aromatic rings. The van der Waals surface area contributed by atoms with Crippen molar-refractivity contribution in [3.63, 3.8) is 0 Å². The molecule has 5 nitrogen and oxygen atoms in total. The van der Waals surface area contributed by atoms with Crippen LogP contribution in [0.5, 0.6) is 0 Å². The van der Waals surface area contributed by atoms with Crippen LogP contribution in [-0.2, 0) is 16.0 Å². The average Bonchev–Trinajstić information content (AvgIpc) is 3.49. The Bertz CT molecular complexity index is 761. The first kappa shape index (κ1) is 18.5. The van der Waals surface area contributed by atoms with Crippen molar-refractivity contribution in [3.8, 4) is 0 Å². The van der Waals surface area contributed by atoms with Crippen molar-refractivity contribution >= 4 is 11.9 Å². The number of aliphatic imine (C=N–C) groups is 1. The van der Waals surface area contributed by atoms with Gasteiger partial charge >= 0.3 is 0 Å². The van der Waals surface area contributed by atoms with Crippen LogP contribution in [0.3, 0.4) is 0 Å². The van der Waals surface area contributed by atoms with Gasteiger partial charge in [0.25, 0.3) is 0 Å². The molecule has 5 heteroatoms. The molecule has 2 saturated carbocycles. The van der Waals surface area contributed by atoms with E-state index in [-0.39, 0.29) is 23.2 Å². The molecule has 0 aliphatic heterocycles. The van der Waals surface area contributed by atoms with E-state index in [9.17, 15) is 4.79 Å². The molecule has 1 atom stereocenters. The molecular weight excluding hydrogens is 338 g/mol. The normalized spacial score (nSPS) is 30.4. The van der Waals surface area contributed by atoms with E-state index in [2.05, 4.69) is 23.2 Å². The standard InChI is InChI=1S/C22H31N3O2/c1-24-21(23)25(2)20(26)19-18-12-15(14-4-5-14)6-7-16(18)13-22(19)10-8-17(27-3)9-11-22/h6-7,12,14,17,19H,4-5,8-11,13H2,1-3H3,(H2,23,24)/t17?,19-,22?/m0/s1. The van der Waals surface area contributed by atoms with E-state index in [1.165, 1.54) is 29.5 Å². The Labute approximate surface area is 162 Å². The lowest BCUT2D eigenvalue weighted by molar-refractivity contribution is -0.132. The Morgan fingerprint density at radius 3 is 2.56 bits per heavy atom. The Balaban J connectivity index is 1.72. The van der Waals surface area contributed by atoms with Gasteiger partial charge in [0.1, 0.15) is 0 Å². The van der Waals surface area contributed by atoms with E-state index in [0.29, 0.717) is 12.0 Å². The molecule has 0 saturated heterocycles. The van der Waals surface area contributed by atoms with Crippen LogP contribution in [0.2, 0.25) is 0 Å². The number of hydrogen-bond acceptors (Lipinski definition) is 3. The number of rotatable bonds is 3. The highest BCUT2D eigenvalue weighted by Crippen LogP contribution is 2.57. The number of benzene rings is 1. The zero-order valence-corrected chi connectivity index (χ0v) is 16.7. The third kappa shape index (κ3) is 3.16. The van der Waals surface area contributed by atoms with Gasteiger partial charge in [-0.2, -0.15) is 0 Å². The highest BCUT2D eigenvalue weighted by molar-refractivity contribution is 6.00. The van der Waals surface area contributed by atoms with Crippen molar-refractivity contribution in [2.24, 2.45) is 16.1 Å². The molecule has 0 bridgehead atoms. The van der Waals surface area contributed by atoms with Crippen molar-refractivity contribution in [2.45, 2.75) is 62.9 Å². The van der Waals surface area contributed by atoms with Crippen molar-refractivity contribution in [1.29, 1.82) is 0 Å². The summed E-state index contributed by atoms with van der Waals surface area (Å²) in [5, 5.41) is 0. The summed E-state index contributed by atoms with van der Waals surface area (Å²) in [5.41, 5.74) is 9.95. The van der Waals surface area contributed by atoms with Gasteiger partial charge in [0, 0.05) is 21.2 Å². The number of guanidine groups is 1. The van der Waals surface area contributed by atoms with Gasteiger partial charge in [0.05, 0.1) is 12.0 Å². The highest BCUT2D eigenvalue weighted by Gasteiger charge is 2.52. The number of likely N-dealkylation sites (N-methyl/N-ethyl adjacent to an activating group) is 1. The second kappa shape index (κ2) is 6.93. The molecule has 0 unspecified atom stereocenters. The molecule has 3 aliphatic carbocycles. The van der Waals surface area contributed by atoms with Crippen molar-refractivity contribution in [2.75, 3.05) is 21.2 Å². The van der Waals surface area contributed by atoms with Gasteiger partial charge < -0.3 is 10.5 Å². The van der Waals surface area contributed by atoms with Crippen LogP contribution in [0.25, 0.3) is 0 Å². The molecule has 1 spiro atoms. The first-order valence-corrected chi connectivity index (χ1v) is 10.1. The molecule has 0 heterocycles. The zero-order chi connectivity index (χ0) is 19.2. The molecule has 1 aromatic carbocycles. The molecule has 2 N–H and O–H groups in total.